The van der Waals surface area contributed by atoms with E-state index in [1.165, 1.54) is 9.25 Å². The van der Waals surface area contributed by atoms with Gasteiger partial charge in [0.05, 0.1) is 17.6 Å². The van der Waals surface area contributed by atoms with E-state index in [9.17, 15) is 14.4 Å². The molecule has 1 N–H and O–H groups in total. The predicted molar refractivity (Wildman–Crippen MR) is 125 cm³/mol. The molecule has 9 nitrogen and oxygen atoms in total. The Balaban J connectivity index is 1.35. The normalized spacial score (nSPS) is 11.6. The largest absolute Gasteiger partial charge is 0.420 e. The van der Waals surface area contributed by atoms with Crippen molar-refractivity contribution in [3.63, 3.8) is 0 Å². The maximum Gasteiger partial charge on any atom is 0.420 e. The standard InChI is InChI=1S/C24H23N5O4/c1-14-4-6-17-12-16(3)22-26-28(23(31)29(22)18(17)10-14)9-8-25-21(30)13-27-19-11-15(2)5-7-20(19)33-24(27)32/h4-7,10-12H,8-9,13H2,1-3H3,(H,25,30). The number of rotatable bonds is 5. The van der Waals surface area contributed by atoms with Crippen molar-refractivity contribution in [1.29, 1.82) is 0 Å². The molecular weight excluding hydrogens is 422 g/mol. The molecule has 0 bridgehead atoms. The summed E-state index contributed by atoms with van der Waals surface area (Å²) >= 11 is 0. The van der Waals surface area contributed by atoms with E-state index in [2.05, 4.69) is 10.4 Å². The number of fused-ring (bicyclic) bond motifs is 4. The van der Waals surface area contributed by atoms with Crippen LogP contribution in [0.25, 0.3) is 27.6 Å². The summed E-state index contributed by atoms with van der Waals surface area (Å²) in [5, 5.41) is 8.20. The molecule has 9 heteroatoms. The fourth-order valence-corrected chi connectivity index (χ4v) is 4.12. The van der Waals surface area contributed by atoms with E-state index in [-0.39, 0.29) is 31.2 Å². The van der Waals surface area contributed by atoms with E-state index in [4.69, 9.17) is 4.42 Å². The first kappa shape index (κ1) is 20.7. The number of pyridine rings is 1. The first-order chi connectivity index (χ1) is 15.8. The van der Waals surface area contributed by atoms with Crippen molar-refractivity contribution in [3.05, 3.63) is 80.2 Å². The van der Waals surface area contributed by atoms with Crippen LogP contribution in [-0.4, -0.2) is 31.2 Å². The topological polar surface area (TPSA) is 104 Å². The fourth-order valence-electron chi connectivity index (χ4n) is 4.12. The zero-order chi connectivity index (χ0) is 23.3. The zero-order valence-corrected chi connectivity index (χ0v) is 18.6. The van der Waals surface area contributed by atoms with Gasteiger partial charge in [0.25, 0.3) is 0 Å². The van der Waals surface area contributed by atoms with E-state index in [0.29, 0.717) is 16.7 Å². The third-order valence-electron chi connectivity index (χ3n) is 5.76. The van der Waals surface area contributed by atoms with Gasteiger partial charge in [-0.15, -0.1) is 5.10 Å². The Morgan fingerprint density at radius 2 is 1.73 bits per heavy atom. The number of aryl methyl sites for hydroxylation is 3. The van der Waals surface area contributed by atoms with Crippen LogP contribution in [0.3, 0.4) is 0 Å². The third kappa shape index (κ3) is 3.61. The van der Waals surface area contributed by atoms with Crippen LogP contribution in [0.1, 0.15) is 16.7 Å². The van der Waals surface area contributed by atoms with E-state index < -0.39 is 5.76 Å². The van der Waals surface area contributed by atoms with Crippen LogP contribution >= 0.6 is 0 Å². The summed E-state index contributed by atoms with van der Waals surface area (Å²) in [7, 11) is 0. The molecule has 5 rings (SSSR count). The summed E-state index contributed by atoms with van der Waals surface area (Å²) in [6, 6.07) is 13.3. The molecule has 0 unspecified atom stereocenters. The molecule has 3 aromatic heterocycles. The SMILES string of the molecule is Cc1ccc2oc(=O)n(CC(=O)NCCn3nc4c(C)cc5ccc(C)cc5n4c3=O)c2c1. The highest BCUT2D eigenvalue weighted by Gasteiger charge is 2.15. The molecule has 33 heavy (non-hydrogen) atoms. The Bertz CT molecular complexity index is 1670. The summed E-state index contributed by atoms with van der Waals surface area (Å²) in [5.74, 6) is -0.935. The second kappa shape index (κ2) is 7.77. The molecule has 0 saturated heterocycles. The van der Waals surface area contributed by atoms with E-state index in [0.717, 1.165) is 27.6 Å². The van der Waals surface area contributed by atoms with Gasteiger partial charge >= 0.3 is 11.4 Å². The molecule has 0 spiro atoms. The van der Waals surface area contributed by atoms with Crippen LogP contribution in [0.15, 0.2) is 56.5 Å². The van der Waals surface area contributed by atoms with Gasteiger partial charge < -0.3 is 9.73 Å². The average molecular weight is 445 g/mol. The van der Waals surface area contributed by atoms with E-state index in [1.54, 1.807) is 16.5 Å². The highest BCUT2D eigenvalue weighted by molar-refractivity contribution is 5.84. The number of nitrogens with zero attached hydrogens (tertiary/aromatic N) is 4. The molecule has 0 saturated carbocycles. The smallest absolute Gasteiger partial charge is 0.408 e. The molecule has 2 aromatic carbocycles. The number of oxazole rings is 1. The lowest BCUT2D eigenvalue weighted by molar-refractivity contribution is -0.121. The highest BCUT2D eigenvalue weighted by Crippen LogP contribution is 2.19. The first-order valence-electron chi connectivity index (χ1n) is 10.7. The Labute approximate surface area is 187 Å². The number of nitrogens with one attached hydrogen (secondary N) is 1. The number of amides is 1. The molecule has 5 aromatic rings. The molecule has 1 amide bonds. The predicted octanol–water partition coefficient (Wildman–Crippen LogP) is 2.30. The Morgan fingerprint density at radius 1 is 1.00 bits per heavy atom. The molecule has 0 aliphatic heterocycles. The third-order valence-corrected chi connectivity index (χ3v) is 5.76. The van der Waals surface area contributed by atoms with Gasteiger partial charge in [0.1, 0.15) is 6.54 Å². The van der Waals surface area contributed by atoms with Crippen molar-refractivity contribution in [2.45, 2.75) is 33.9 Å². The lowest BCUT2D eigenvalue weighted by atomic mass is 10.1. The summed E-state index contributed by atoms with van der Waals surface area (Å²) < 4.78 is 9.46. The Morgan fingerprint density at radius 3 is 2.52 bits per heavy atom. The lowest BCUT2D eigenvalue weighted by Crippen LogP contribution is -2.34. The van der Waals surface area contributed by atoms with Gasteiger partial charge in [-0.1, -0.05) is 18.2 Å². The molecule has 3 heterocycles. The van der Waals surface area contributed by atoms with Gasteiger partial charge in [-0.05, 0) is 67.1 Å². The van der Waals surface area contributed by atoms with Crippen molar-refractivity contribution in [2.75, 3.05) is 6.54 Å². The monoisotopic (exact) mass is 445 g/mol. The van der Waals surface area contributed by atoms with Crippen molar-refractivity contribution in [1.82, 2.24) is 24.1 Å². The number of carbonyl (C=O) groups excluding carboxylic acids is 1. The lowest BCUT2D eigenvalue weighted by Gasteiger charge is -2.05. The van der Waals surface area contributed by atoms with Crippen LogP contribution in [0.5, 0.6) is 0 Å². The van der Waals surface area contributed by atoms with Gasteiger partial charge in [-0.2, -0.15) is 0 Å². The van der Waals surface area contributed by atoms with Gasteiger partial charge in [0, 0.05) is 6.54 Å². The van der Waals surface area contributed by atoms with Crippen LogP contribution < -0.4 is 16.8 Å². The van der Waals surface area contributed by atoms with E-state index in [1.807, 2.05) is 51.1 Å². The van der Waals surface area contributed by atoms with Crippen molar-refractivity contribution in [3.8, 4) is 0 Å². The van der Waals surface area contributed by atoms with Gasteiger partial charge in [-0.25, -0.2) is 18.7 Å². The fraction of sp³-hybridized carbons (Fsp3) is 0.250. The van der Waals surface area contributed by atoms with Crippen molar-refractivity contribution < 1.29 is 9.21 Å². The zero-order valence-electron chi connectivity index (χ0n) is 18.6. The van der Waals surface area contributed by atoms with Crippen LogP contribution in [0.4, 0.5) is 0 Å². The second-order valence-corrected chi connectivity index (χ2v) is 8.33. The molecule has 0 radical (unpaired) electrons. The molecule has 0 fully saturated rings. The summed E-state index contributed by atoms with van der Waals surface area (Å²) in [6.07, 6.45) is 0. The Kier molecular flexibility index (Phi) is 4.88. The number of hydrogen-bond donors (Lipinski definition) is 1. The molecule has 0 aliphatic rings. The summed E-state index contributed by atoms with van der Waals surface area (Å²) in [6.45, 7) is 6.04. The van der Waals surface area contributed by atoms with E-state index >= 15 is 0 Å². The highest BCUT2D eigenvalue weighted by atomic mass is 16.4. The van der Waals surface area contributed by atoms with Gasteiger partial charge in [0.2, 0.25) is 5.91 Å². The number of hydrogen-bond acceptors (Lipinski definition) is 5. The number of benzene rings is 2. The van der Waals surface area contributed by atoms with Crippen LogP contribution in [-0.2, 0) is 17.9 Å². The minimum Gasteiger partial charge on any atom is -0.408 e. The minimum absolute atomic E-state index is 0.168. The molecule has 0 aliphatic carbocycles. The minimum atomic E-state index is -0.583. The van der Waals surface area contributed by atoms with Crippen LogP contribution in [0, 0.1) is 20.8 Å². The maximum absolute atomic E-state index is 13.1. The average Bonchev–Trinajstić information content (AvgIpc) is 3.26. The second-order valence-electron chi connectivity index (χ2n) is 8.33. The Hall–Kier alpha value is -4.14. The van der Waals surface area contributed by atoms with Crippen molar-refractivity contribution >= 4 is 33.6 Å². The summed E-state index contributed by atoms with van der Waals surface area (Å²) in [5.41, 5.74) is 5.06. The quantitative estimate of drug-likeness (QED) is 0.447. The molecule has 168 valence electrons. The summed E-state index contributed by atoms with van der Waals surface area (Å²) in [4.78, 5) is 37.7. The maximum atomic E-state index is 13.1. The molecule has 0 atom stereocenters. The number of aromatic nitrogens is 4. The first-order valence-corrected chi connectivity index (χ1v) is 10.7. The number of carbonyl (C=O) groups is 1. The van der Waals surface area contributed by atoms with Crippen LogP contribution in [0.2, 0.25) is 0 Å². The molecular formula is C24H23N5O4. The van der Waals surface area contributed by atoms with Gasteiger partial charge in [-0.3, -0.25) is 9.36 Å². The van der Waals surface area contributed by atoms with Gasteiger partial charge in [0.15, 0.2) is 11.2 Å². The van der Waals surface area contributed by atoms with Crippen molar-refractivity contribution in [2.24, 2.45) is 0 Å².